The zero-order valence-electron chi connectivity index (χ0n) is 14.4. The molecule has 0 aromatic heterocycles. The van der Waals surface area contributed by atoms with E-state index < -0.39 is 17.8 Å². The van der Waals surface area contributed by atoms with Gasteiger partial charge >= 0.3 is 5.97 Å². The van der Waals surface area contributed by atoms with Crippen molar-refractivity contribution in [1.82, 2.24) is 10.2 Å². The Morgan fingerprint density at radius 2 is 2.23 bits per heavy atom. The summed E-state index contributed by atoms with van der Waals surface area (Å²) in [5.74, 6) is -1.40. The summed E-state index contributed by atoms with van der Waals surface area (Å²) < 4.78 is 5.18. The molecule has 1 aromatic carbocycles. The highest BCUT2D eigenvalue weighted by Gasteiger charge is 2.31. The van der Waals surface area contributed by atoms with Crippen LogP contribution in [0.1, 0.15) is 23.2 Å². The summed E-state index contributed by atoms with van der Waals surface area (Å²) in [5.41, 5.74) is 6.26. The number of hydrogen-bond donors (Lipinski definition) is 3. The van der Waals surface area contributed by atoms with E-state index in [4.69, 9.17) is 27.2 Å². The van der Waals surface area contributed by atoms with Crippen molar-refractivity contribution in [1.29, 1.82) is 0 Å². The zero-order valence-corrected chi connectivity index (χ0v) is 15.2. The number of carboxylic acids is 1. The third kappa shape index (κ3) is 4.86. The molecular weight excluding hydrogens is 362 g/mol. The van der Waals surface area contributed by atoms with Crippen molar-refractivity contribution in [3.05, 3.63) is 22.7 Å². The molecule has 2 rings (SSSR count). The minimum atomic E-state index is -0.879. The number of aldehydes is 1. The summed E-state index contributed by atoms with van der Waals surface area (Å²) in [6, 6.07) is 2.56. The lowest BCUT2D eigenvalue weighted by atomic mass is 9.92. The van der Waals surface area contributed by atoms with Crippen LogP contribution >= 0.6 is 11.6 Å². The number of carbonyl (C=O) groups is 3. The fraction of sp³-hybridized carbons (Fsp3) is 0.471. The number of hydrogen-bond acceptors (Lipinski definition) is 6. The molecule has 1 fully saturated rings. The minimum absolute atomic E-state index is 0.0176. The van der Waals surface area contributed by atoms with E-state index in [1.54, 1.807) is 0 Å². The summed E-state index contributed by atoms with van der Waals surface area (Å²) in [4.78, 5) is 36.7. The average molecular weight is 384 g/mol. The van der Waals surface area contributed by atoms with E-state index in [2.05, 4.69) is 5.32 Å². The lowest BCUT2D eigenvalue weighted by Gasteiger charge is -2.36. The molecule has 1 aliphatic heterocycles. The highest BCUT2D eigenvalue weighted by Crippen LogP contribution is 2.29. The van der Waals surface area contributed by atoms with E-state index in [0.717, 1.165) is 6.29 Å². The molecule has 142 valence electrons. The molecular formula is C17H22ClN3O5. The number of likely N-dealkylation sites (tertiary alicyclic amines) is 1. The molecule has 1 saturated heterocycles. The zero-order chi connectivity index (χ0) is 19.3. The first-order valence-corrected chi connectivity index (χ1v) is 8.56. The van der Waals surface area contributed by atoms with Crippen LogP contribution in [0.4, 0.5) is 5.69 Å². The van der Waals surface area contributed by atoms with Crippen LogP contribution in [0, 0.1) is 5.92 Å². The molecule has 1 amide bonds. The Balaban J connectivity index is 2.06. The van der Waals surface area contributed by atoms with Crippen LogP contribution in [0.3, 0.4) is 0 Å². The number of anilines is 1. The Hall–Kier alpha value is -2.32. The summed E-state index contributed by atoms with van der Waals surface area (Å²) in [5, 5.41) is 11.9. The van der Waals surface area contributed by atoms with Gasteiger partial charge in [-0.05, 0) is 12.5 Å². The van der Waals surface area contributed by atoms with Gasteiger partial charge in [0.05, 0.1) is 29.8 Å². The number of methoxy groups -OCH3 is 1. The number of nitrogens with zero attached hydrogens (tertiary/aromatic N) is 1. The number of nitrogens with two attached hydrogens (primary N) is 1. The smallest absolute Gasteiger partial charge is 0.304 e. The normalized spacial score (nSPS) is 20.4. The first-order chi connectivity index (χ1) is 12.3. The highest BCUT2D eigenvalue weighted by molar-refractivity contribution is 6.33. The van der Waals surface area contributed by atoms with Crippen molar-refractivity contribution in [2.45, 2.75) is 18.9 Å². The second kappa shape index (κ2) is 8.86. The molecule has 0 aliphatic carbocycles. The number of carboxylic acid groups (broad SMARTS) is 1. The van der Waals surface area contributed by atoms with Gasteiger partial charge in [-0.1, -0.05) is 11.6 Å². The molecule has 0 unspecified atom stereocenters. The van der Waals surface area contributed by atoms with Gasteiger partial charge in [-0.15, -0.1) is 0 Å². The van der Waals surface area contributed by atoms with Crippen LogP contribution in [0.15, 0.2) is 12.1 Å². The Bertz CT molecular complexity index is 697. The van der Waals surface area contributed by atoms with Crippen molar-refractivity contribution in [2.24, 2.45) is 5.92 Å². The molecule has 1 aliphatic rings. The molecule has 8 nitrogen and oxygen atoms in total. The van der Waals surface area contributed by atoms with Gasteiger partial charge in [0.2, 0.25) is 0 Å². The number of amides is 1. The minimum Gasteiger partial charge on any atom is -0.496 e. The summed E-state index contributed by atoms with van der Waals surface area (Å²) in [6.45, 7) is 1.38. The van der Waals surface area contributed by atoms with E-state index in [-0.39, 0.29) is 23.0 Å². The van der Waals surface area contributed by atoms with Gasteiger partial charge in [0.25, 0.3) is 5.91 Å². The molecule has 0 bridgehead atoms. The second-order valence-electron chi connectivity index (χ2n) is 6.19. The number of ether oxygens (including phenoxy) is 1. The van der Waals surface area contributed by atoms with E-state index in [1.165, 1.54) is 19.2 Å². The van der Waals surface area contributed by atoms with Gasteiger partial charge < -0.3 is 30.6 Å². The maximum Gasteiger partial charge on any atom is 0.304 e. The molecule has 0 spiro atoms. The number of halogens is 1. The van der Waals surface area contributed by atoms with E-state index in [1.807, 2.05) is 4.90 Å². The van der Waals surface area contributed by atoms with Gasteiger partial charge in [0.15, 0.2) is 0 Å². The Morgan fingerprint density at radius 3 is 2.85 bits per heavy atom. The number of nitrogens with one attached hydrogen (secondary N) is 1. The quantitative estimate of drug-likeness (QED) is 0.474. The lowest BCUT2D eigenvalue weighted by Crippen LogP contribution is -2.51. The van der Waals surface area contributed by atoms with Crippen molar-refractivity contribution >= 4 is 35.5 Å². The standard InChI is InChI=1S/C17H22ClN3O5/c1-26-15-7-13(19)12(18)6-11(15)17(25)20-14-2-4-21(5-3-16(23)24)8-10(14)9-22/h6-7,9-10,14H,2-5,8,19H2,1H3,(H,20,25)(H,23,24)/t10-,14-/m1/s1. The summed E-state index contributed by atoms with van der Waals surface area (Å²) in [6.07, 6.45) is 1.36. The summed E-state index contributed by atoms with van der Waals surface area (Å²) >= 11 is 5.99. The molecule has 1 aromatic rings. The van der Waals surface area contributed by atoms with Crippen LogP contribution in [0.25, 0.3) is 0 Å². The van der Waals surface area contributed by atoms with Gasteiger partial charge in [0, 0.05) is 37.7 Å². The Morgan fingerprint density at radius 1 is 1.50 bits per heavy atom. The van der Waals surface area contributed by atoms with Crippen LogP contribution in [-0.4, -0.2) is 61.0 Å². The van der Waals surface area contributed by atoms with Crippen molar-refractivity contribution in [2.75, 3.05) is 32.5 Å². The van der Waals surface area contributed by atoms with Crippen LogP contribution in [0.5, 0.6) is 5.75 Å². The van der Waals surface area contributed by atoms with Crippen molar-refractivity contribution in [3.8, 4) is 5.75 Å². The van der Waals surface area contributed by atoms with Crippen molar-refractivity contribution < 1.29 is 24.2 Å². The fourth-order valence-corrected chi connectivity index (χ4v) is 3.15. The second-order valence-corrected chi connectivity index (χ2v) is 6.59. The number of rotatable bonds is 7. The Kier molecular flexibility index (Phi) is 6.82. The molecule has 26 heavy (non-hydrogen) atoms. The number of aliphatic carboxylic acids is 1. The first-order valence-electron chi connectivity index (χ1n) is 8.19. The van der Waals surface area contributed by atoms with Gasteiger partial charge in [0.1, 0.15) is 12.0 Å². The number of carbonyl (C=O) groups excluding carboxylic acids is 2. The average Bonchev–Trinajstić information content (AvgIpc) is 2.62. The predicted molar refractivity (Wildman–Crippen MR) is 96.5 cm³/mol. The summed E-state index contributed by atoms with van der Waals surface area (Å²) in [7, 11) is 1.43. The monoisotopic (exact) mass is 383 g/mol. The highest BCUT2D eigenvalue weighted by atomic mass is 35.5. The molecule has 0 radical (unpaired) electrons. The topological polar surface area (TPSA) is 122 Å². The lowest BCUT2D eigenvalue weighted by molar-refractivity contribution is -0.137. The maximum absolute atomic E-state index is 12.6. The largest absolute Gasteiger partial charge is 0.496 e. The van der Waals surface area contributed by atoms with E-state index in [0.29, 0.717) is 37.5 Å². The van der Waals surface area contributed by atoms with Crippen LogP contribution in [-0.2, 0) is 9.59 Å². The molecule has 4 N–H and O–H groups in total. The Labute approximate surface area is 156 Å². The maximum atomic E-state index is 12.6. The number of benzene rings is 1. The first kappa shape index (κ1) is 20.0. The van der Waals surface area contributed by atoms with Crippen LogP contribution in [0.2, 0.25) is 5.02 Å². The fourth-order valence-electron chi connectivity index (χ4n) is 2.99. The number of piperidine rings is 1. The molecule has 0 saturated carbocycles. The van der Waals surface area contributed by atoms with E-state index >= 15 is 0 Å². The number of nitrogen functional groups attached to an aromatic ring is 1. The van der Waals surface area contributed by atoms with Gasteiger partial charge in [-0.3, -0.25) is 9.59 Å². The van der Waals surface area contributed by atoms with Gasteiger partial charge in [-0.2, -0.15) is 0 Å². The third-order valence-electron chi connectivity index (χ3n) is 4.44. The van der Waals surface area contributed by atoms with Crippen molar-refractivity contribution in [3.63, 3.8) is 0 Å². The third-order valence-corrected chi connectivity index (χ3v) is 4.77. The van der Waals surface area contributed by atoms with Gasteiger partial charge in [-0.25, -0.2) is 0 Å². The SMILES string of the molecule is COc1cc(N)c(Cl)cc1C(=O)N[C@@H]1CCN(CCC(=O)O)C[C@@H]1C=O. The van der Waals surface area contributed by atoms with Crippen LogP contribution < -0.4 is 15.8 Å². The molecule has 1 heterocycles. The predicted octanol–water partition coefficient (Wildman–Crippen LogP) is 1.02. The molecule has 9 heteroatoms. The van der Waals surface area contributed by atoms with E-state index in [9.17, 15) is 14.4 Å². The molecule has 2 atom stereocenters.